The van der Waals surface area contributed by atoms with E-state index in [0.717, 1.165) is 0 Å². The van der Waals surface area contributed by atoms with Crippen molar-refractivity contribution in [3.8, 4) is 0 Å². The molecule has 0 fully saturated rings. The summed E-state index contributed by atoms with van der Waals surface area (Å²) in [5.41, 5.74) is 8.72. The molecule has 2 atom stereocenters. The average molecular weight is 132 g/mol. The Kier molecular flexibility index (Phi) is 2.20. The molecule has 4 N–H and O–H groups in total. The Morgan fingerprint density at radius 3 is 2.11 bits per heavy atom. The van der Waals surface area contributed by atoms with Gasteiger partial charge in [-0.25, -0.2) is 4.39 Å². The fraction of sp³-hybridized carbons (Fsp3) is 0.667. The SMILES string of the molecule is C=C(N)C(C)(F)[C@@H](C)N. The molecule has 54 valence electrons. The molecule has 2 nitrogen and oxygen atoms in total. The van der Waals surface area contributed by atoms with Gasteiger partial charge in [0.2, 0.25) is 0 Å². The second kappa shape index (κ2) is 2.35. The van der Waals surface area contributed by atoms with Crippen LogP contribution in [0.25, 0.3) is 0 Å². The third-order valence-corrected chi connectivity index (χ3v) is 1.48. The molecule has 0 aromatic heterocycles. The van der Waals surface area contributed by atoms with Crippen molar-refractivity contribution in [2.24, 2.45) is 11.5 Å². The highest BCUT2D eigenvalue weighted by molar-refractivity contribution is 5.09. The maximum Gasteiger partial charge on any atom is 0.161 e. The monoisotopic (exact) mass is 132 g/mol. The standard InChI is InChI=1S/C6H13FN2/c1-4(8)6(3,7)5(2)9/h5H,1,8-9H2,2-3H3/t5-,6?/m1/s1. The van der Waals surface area contributed by atoms with E-state index in [2.05, 4.69) is 6.58 Å². The molecule has 0 aromatic rings. The Morgan fingerprint density at radius 1 is 1.78 bits per heavy atom. The lowest BCUT2D eigenvalue weighted by Crippen LogP contribution is -2.43. The lowest BCUT2D eigenvalue weighted by Gasteiger charge is -2.23. The molecule has 0 saturated carbocycles. The number of hydrogen-bond donors (Lipinski definition) is 2. The fourth-order valence-electron chi connectivity index (χ4n) is 0.292. The van der Waals surface area contributed by atoms with Crippen molar-refractivity contribution < 1.29 is 4.39 Å². The first-order chi connectivity index (χ1) is 3.89. The van der Waals surface area contributed by atoms with Gasteiger partial charge in [0, 0.05) is 11.7 Å². The highest BCUT2D eigenvalue weighted by Crippen LogP contribution is 2.18. The van der Waals surface area contributed by atoms with Gasteiger partial charge in [-0.3, -0.25) is 0 Å². The van der Waals surface area contributed by atoms with Crippen LogP contribution < -0.4 is 11.5 Å². The van der Waals surface area contributed by atoms with E-state index in [1.807, 2.05) is 0 Å². The molecular formula is C6H13FN2. The average Bonchev–Trinajstić information content (AvgIpc) is 1.65. The van der Waals surface area contributed by atoms with Crippen molar-refractivity contribution in [1.82, 2.24) is 0 Å². The maximum absolute atomic E-state index is 13.0. The quantitative estimate of drug-likeness (QED) is 0.576. The van der Waals surface area contributed by atoms with E-state index in [-0.39, 0.29) is 5.70 Å². The first kappa shape index (κ1) is 8.43. The second-order valence-corrected chi connectivity index (χ2v) is 2.39. The largest absolute Gasteiger partial charge is 0.400 e. The van der Waals surface area contributed by atoms with Crippen LogP contribution >= 0.6 is 0 Å². The van der Waals surface area contributed by atoms with E-state index in [0.29, 0.717) is 0 Å². The summed E-state index contributed by atoms with van der Waals surface area (Å²) in [7, 11) is 0. The Hall–Kier alpha value is -0.570. The summed E-state index contributed by atoms with van der Waals surface area (Å²) < 4.78 is 13.0. The van der Waals surface area contributed by atoms with Crippen molar-refractivity contribution in [2.75, 3.05) is 0 Å². The van der Waals surface area contributed by atoms with Crippen LogP contribution in [0.1, 0.15) is 13.8 Å². The summed E-state index contributed by atoms with van der Waals surface area (Å²) >= 11 is 0. The molecular weight excluding hydrogens is 119 g/mol. The van der Waals surface area contributed by atoms with Crippen LogP contribution in [-0.2, 0) is 0 Å². The van der Waals surface area contributed by atoms with Crippen LogP contribution in [0, 0.1) is 0 Å². The minimum atomic E-state index is -1.64. The van der Waals surface area contributed by atoms with Gasteiger partial charge >= 0.3 is 0 Å². The summed E-state index contributed by atoms with van der Waals surface area (Å²) in [5, 5.41) is 0. The summed E-state index contributed by atoms with van der Waals surface area (Å²) in [6, 6.07) is -0.602. The van der Waals surface area contributed by atoms with E-state index >= 15 is 0 Å². The molecule has 0 aliphatic rings. The van der Waals surface area contributed by atoms with Crippen LogP contribution in [0.5, 0.6) is 0 Å². The van der Waals surface area contributed by atoms with Crippen molar-refractivity contribution in [3.05, 3.63) is 12.3 Å². The summed E-state index contributed by atoms with van der Waals surface area (Å²) in [5.74, 6) is 0. The molecule has 0 heterocycles. The third-order valence-electron chi connectivity index (χ3n) is 1.48. The van der Waals surface area contributed by atoms with E-state index in [9.17, 15) is 4.39 Å². The zero-order valence-electron chi connectivity index (χ0n) is 5.82. The zero-order chi connectivity index (χ0) is 7.65. The molecule has 0 aliphatic carbocycles. The smallest absolute Gasteiger partial charge is 0.161 e. The van der Waals surface area contributed by atoms with Crippen LogP contribution in [0.15, 0.2) is 12.3 Å². The van der Waals surface area contributed by atoms with Crippen molar-refractivity contribution in [2.45, 2.75) is 25.6 Å². The van der Waals surface area contributed by atoms with Gasteiger partial charge in [0.25, 0.3) is 0 Å². The lowest BCUT2D eigenvalue weighted by atomic mass is 9.98. The minimum Gasteiger partial charge on any atom is -0.400 e. The van der Waals surface area contributed by atoms with E-state index in [1.54, 1.807) is 6.92 Å². The lowest BCUT2D eigenvalue weighted by molar-refractivity contribution is 0.202. The number of alkyl halides is 1. The van der Waals surface area contributed by atoms with E-state index in [4.69, 9.17) is 11.5 Å². The molecule has 3 heteroatoms. The number of hydrogen-bond acceptors (Lipinski definition) is 2. The van der Waals surface area contributed by atoms with Gasteiger partial charge < -0.3 is 11.5 Å². The molecule has 1 unspecified atom stereocenters. The molecule has 0 amide bonds. The van der Waals surface area contributed by atoms with Crippen molar-refractivity contribution in [1.29, 1.82) is 0 Å². The number of rotatable bonds is 2. The van der Waals surface area contributed by atoms with Crippen molar-refractivity contribution >= 4 is 0 Å². The molecule has 0 bridgehead atoms. The highest BCUT2D eigenvalue weighted by atomic mass is 19.1. The third kappa shape index (κ3) is 1.68. The van der Waals surface area contributed by atoms with Crippen LogP contribution in [0.2, 0.25) is 0 Å². The zero-order valence-corrected chi connectivity index (χ0v) is 5.82. The molecule has 0 saturated heterocycles. The molecule has 0 aromatic carbocycles. The fourth-order valence-corrected chi connectivity index (χ4v) is 0.292. The summed E-state index contributed by atoms with van der Waals surface area (Å²) in [4.78, 5) is 0. The number of nitrogens with two attached hydrogens (primary N) is 2. The van der Waals surface area contributed by atoms with Gasteiger partial charge in [0.15, 0.2) is 5.67 Å². The summed E-state index contributed by atoms with van der Waals surface area (Å²) in [6.07, 6.45) is 0. The predicted molar refractivity (Wildman–Crippen MR) is 36.5 cm³/mol. The minimum absolute atomic E-state index is 0.0162. The van der Waals surface area contributed by atoms with Crippen LogP contribution in [0.3, 0.4) is 0 Å². The van der Waals surface area contributed by atoms with E-state index < -0.39 is 11.7 Å². The Labute approximate surface area is 54.7 Å². The molecule has 9 heavy (non-hydrogen) atoms. The highest BCUT2D eigenvalue weighted by Gasteiger charge is 2.29. The number of halogens is 1. The van der Waals surface area contributed by atoms with Crippen LogP contribution in [0.4, 0.5) is 4.39 Å². The maximum atomic E-state index is 13.0. The Bertz CT molecular complexity index is 118. The molecule has 0 radical (unpaired) electrons. The Morgan fingerprint density at radius 2 is 2.11 bits per heavy atom. The van der Waals surface area contributed by atoms with Crippen LogP contribution in [-0.4, -0.2) is 11.7 Å². The summed E-state index contributed by atoms with van der Waals surface area (Å²) in [6.45, 7) is 6.14. The normalized spacial score (nSPS) is 20.4. The van der Waals surface area contributed by atoms with Gasteiger partial charge in [0.05, 0.1) is 0 Å². The molecule has 0 aliphatic heterocycles. The Balaban J connectivity index is 4.19. The van der Waals surface area contributed by atoms with E-state index in [1.165, 1.54) is 6.92 Å². The van der Waals surface area contributed by atoms with Gasteiger partial charge in [-0.2, -0.15) is 0 Å². The van der Waals surface area contributed by atoms with Gasteiger partial charge in [-0.05, 0) is 13.8 Å². The first-order valence-corrected chi connectivity index (χ1v) is 2.78. The van der Waals surface area contributed by atoms with Gasteiger partial charge in [0.1, 0.15) is 0 Å². The topological polar surface area (TPSA) is 52.0 Å². The predicted octanol–water partition coefficient (Wildman–Crippen LogP) is 0.534. The first-order valence-electron chi connectivity index (χ1n) is 2.78. The second-order valence-electron chi connectivity index (χ2n) is 2.39. The molecule has 0 rings (SSSR count). The molecule has 0 spiro atoms. The van der Waals surface area contributed by atoms with Gasteiger partial charge in [-0.15, -0.1) is 0 Å². The van der Waals surface area contributed by atoms with Crippen molar-refractivity contribution in [3.63, 3.8) is 0 Å². The van der Waals surface area contributed by atoms with Gasteiger partial charge in [-0.1, -0.05) is 6.58 Å².